The van der Waals surface area contributed by atoms with Crippen molar-refractivity contribution in [2.24, 2.45) is 10.2 Å². The van der Waals surface area contributed by atoms with Gasteiger partial charge >= 0.3 is 0 Å². The van der Waals surface area contributed by atoms with Gasteiger partial charge in [-0.05, 0) is 18.1 Å². The lowest BCUT2D eigenvalue weighted by molar-refractivity contribution is 1.26. The van der Waals surface area contributed by atoms with Crippen LogP contribution in [0.2, 0.25) is 0 Å². The van der Waals surface area contributed by atoms with E-state index in [1.165, 1.54) is 11.1 Å². The highest BCUT2D eigenvalue weighted by molar-refractivity contribution is 6.20. The van der Waals surface area contributed by atoms with Crippen LogP contribution in [0.25, 0.3) is 0 Å². The lowest BCUT2D eigenvalue weighted by Crippen LogP contribution is -2.06. The Balaban J connectivity index is 1.85. The van der Waals surface area contributed by atoms with Gasteiger partial charge in [-0.15, -0.1) is 0 Å². The van der Waals surface area contributed by atoms with E-state index in [2.05, 4.69) is 41.4 Å². The monoisotopic (exact) mass is 234 g/mol. The van der Waals surface area contributed by atoms with Crippen molar-refractivity contribution in [3.63, 3.8) is 0 Å². The second-order valence-electron chi connectivity index (χ2n) is 4.45. The Labute approximate surface area is 107 Å². The zero-order valence-corrected chi connectivity index (χ0v) is 10.3. The summed E-state index contributed by atoms with van der Waals surface area (Å²) in [4.78, 5) is 0. The Morgan fingerprint density at radius 1 is 0.778 bits per heavy atom. The molecule has 1 heterocycles. The smallest absolute Gasteiger partial charge is 0.0765 e. The first-order valence-corrected chi connectivity index (χ1v) is 6.09. The predicted molar refractivity (Wildman–Crippen MR) is 75.3 cm³/mol. The second kappa shape index (κ2) is 4.57. The highest BCUT2D eigenvalue weighted by Gasteiger charge is 2.16. The van der Waals surface area contributed by atoms with Crippen LogP contribution < -0.4 is 0 Å². The molecule has 0 radical (unpaired) electrons. The standard InChI is InChI=1S/C16H14N2/c1-12-7-5-6-10-14(12)16-11-15(17-18-16)13-8-3-2-4-9-13/h2-10H,11H2,1H3. The highest BCUT2D eigenvalue weighted by atomic mass is 15.2. The molecule has 0 bridgehead atoms. The highest BCUT2D eigenvalue weighted by Crippen LogP contribution is 2.18. The third kappa shape index (κ3) is 1.97. The van der Waals surface area contributed by atoms with Crippen LogP contribution in [-0.4, -0.2) is 11.4 Å². The van der Waals surface area contributed by atoms with E-state index in [1.54, 1.807) is 0 Å². The summed E-state index contributed by atoms with van der Waals surface area (Å²) in [5, 5.41) is 8.64. The molecule has 88 valence electrons. The molecular weight excluding hydrogens is 220 g/mol. The molecule has 0 saturated heterocycles. The Morgan fingerprint density at radius 2 is 1.44 bits per heavy atom. The van der Waals surface area contributed by atoms with E-state index in [1.807, 2.05) is 30.3 Å². The Bertz CT molecular complexity index is 625. The van der Waals surface area contributed by atoms with Gasteiger partial charge in [0.25, 0.3) is 0 Å². The van der Waals surface area contributed by atoms with Crippen LogP contribution in [0.1, 0.15) is 23.1 Å². The number of hydrogen-bond donors (Lipinski definition) is 0. The van der Waals surface area contributed by atoms with Crippen molar-refractivity contribution in [1.82, 2.24) is 0 Å². The molecule has 0 aromatic heterocycles. The Morgan fingerprint density at radius 3 is 2.22 bits per heavy atom. The van der Waals surface area contributed by atoms with Crippen molar-refractivity contribution in [1.29, 1.82) is 0 Å². The van der Waals surface area contributed by atoms with Crippen molar-refractivity contribution in [3.05, 3.63) is 71.3 Å². The summed E-state index contributed by atoms with van der Waals surface area (Å²) < 4.78 is 0. The van der Waals surface area contributed by atoms with E-state index in [-0.39, 0.29) is 0 Å². The van der Waals surface area contributed by atoms with Gasteiger partial charge in [0, 0.05) is 12.0 Å². The van der Waals surface area contributed by atoms with Crippen LogP contribution in [0.15, 0.2) is 64.8 Å². The molecule has 0 aliphatic carbocycles. The van der Waals surface area contributed by atoms with E-state index in [4.69, 9.17) is 0 Å². The number of aryl methyl sites for hydroxylation is 1. The molecule has 3 rings (SSSR count). The number of hydrogen-bond acceptors (Lipinski definition) is 2. The summed E-state index contributed by atoms with van der Waals surface area (Å²) in [6.45, 7) is 2.11. The lowest BCUT2D eigenvalue weighted by Gasteiger charge is -2.04. The van der Waals surface area contributed by atoms with Crippen molar-refractivity contribution < 1.29 is 0 Å². The summed E-state index contributed by atoms with van der Waals surface area (Å²) in [5.74, 6) is 0. The third-order valence-corrected chi connectivity index (χ3v) is 3.19. The van der Waals surface area contributed by atoms with Gasteiger partial charge in [0.2, 0.25) is 0 Å². The molecule has 2 nitrogen and oxygen atoms in total. The maximum atomic E-state index is 4.33. The summed E-state index contributed by atoms with van der Waals surface area (Å²) in [6, 6.07) is 18.5. The Kier molecular flexibility index (Phi) is 2.77. The van der Waals surface area contributed by atoms with Gasteiger partial charge in [-0.1, -0.05) is 54.6 Å². The second-order valence-corrected chi connectivity index (χ2v) is 4.45. The largest absolute Gasteiger partial charge is 0.154 e. The van der Waals surface area contributed by atoms with Crippen molar-refractivity contribution in [2.75, 3.05) is 0 Å². The van der Waals surface area contributed by atoms with E-state index >= 15 is 0 Å². The van der Waals surface area contributed by atoms with Crippen LogP contribution in [-0.2, 0) is 0 Å². The van der Waals surface area contributed by atoms with E-state index < -0.39 is 0 Å². The molecule has 0 spiro atoms. The SMILES string of the molecule is Cc1ccccc1C1=NN=C(c2ccccc2)C1. The van der Waals surface area contributed by atoms with Crippen LogP contribution >= 0.6 is 0 Å². The van der Waals surface area contributed by atoms with Crippen LogP contribution in [0.3, 0.4) is 0 Å². The molecule has 0 amide bonds. The molecule has 0 saturated carbocycles. The molecule has 0 unspecified atom stereocenters. The maximum absolute atomic E-state index is 4.33. The van der Waals surface area contributed by atoms with Gasteiger partial charge in [-0.25, -0.2) is 0 Å². The van der Waals surface area contributed by atoms with Crippen LogP contribution in [0.5, 0.6) is 0 Å². The summed E-state index contributed by atoms with van der Waals surface area (Å²) in [5.41, 5.74) is 5.72. The fraction of sp³-hybridized carbons (Fsp3) is 0.125. The van der Waals surface area contributed by atoms with Crippen LogP contribution in [0.4, 0.5) is 0 Å². The molecule has 0 atom stereocenters. The molecule has 1 aliphatic rings. The normalized spacial score (nSPS) is 14.3. The minimum Gasteiger partial charge on any atom is -0.154 e. The summed E-state index contributed by atoms with van der Waals surface area (Å²) >= 11 is 0. The predicted octanol–water partition coefficient (Wildman–Crippen LogP) is 3.59. The first kappa shape index (κ1) is 10.9. The fourth-order valence-electron chi connectivity index (χ4n) is 2.19. The lowest BCUT2D eigenvalue weighted by atomic mass is 9.98. The molecule has 1 aliphatic heterocycles. The summed E-state index contributed by atoms with van der Waals surface area (Å²) in [6.07, 6.45) is 0.814. The minimum absolute atomic E-state index is 0.814. The zero-order chi connectivity index (χ0) is 12.4. The van der Waals surface area contributed by atoms with Crippen molar-refractivity contribution in [3.8, 4) is 0 Å². The van der Waals surface area contributed by atoms with E-state index in [9.17, 15) is 0 Å². The molecule has 2 heteroatoms. The quantitative estimate of drug-likeness (QED) is 0.758. The Hall–Kier alpha value is -2.22. The fourth-order valence-corrected chi connectivity index (χ4v) is 2.19. The average molecular weight is 234 g/mol. The first-order chi connectivity index (χ1) is 8.84. The first-order valence-electron chi connectivity index (χ1n) is 6.09. The molecule has 18 heavy (non-hydrogen) atoms. The van der Waals surface area contributed by atoms with Crippen molar-refractivity contribution >= 4 is 11.4 Å². The minimum atomic E-state index is 0.814. The van der Waals surface area contributed by atoms with Gasteiger partial charge in [0.15, 0.2) is 0 Å². The average Bonchev–Trinajstić information content (AvgIpc) is 2.90. The maximum Gasteiger partial charge on any atom is 0.0765 e. The third-order valence-electron chi connectivity index (χ3n) is 3.19. The molecule has 2 aromatic rings. The summed E-state index contributed by atoms with van der Waals surface area (Å²) in [7, 11) is 0. The van der Waals surface area contributed by atoms with E-state index in [0.29, 0.717) is 0 Å². The number of nitrogens with zero attached hydrogens (tertiary/aromatic N) is 2. The van der Waals surface area contributed by atoms with E-state index in [0.717, 1.165) is 23.4 Å². The zero-order valence-electron chi connectivity index (χ0n) is 10.3. The number of benzene rings is 2. The number of rotatable bonds is 2. The molecule has 2 aromatic carbocycles. The molecule has 0 fully saturated rings. The van der Waals surface area contributed by atoms with Gasteiger partial charge in [-0.3, -0.25) is 0 Å². The van der Waals surface area contributed by atoms with Gasteiger partial charge in [0.05, 0.1) is 11.4 Å². The van der Waals surface area contributed by atoms with Crippen molar-refractivity contribution in [2.45, 2.75) is 13.3 Å². The molecular formula is C16H14N2. The molecule has 0 N–H and O–H groups in total. The topological polar surface area (TPSA) is 24.7 Å². The van der Waals surface area contributed by atoms with Gasteiger partial charge in [-0.2, -0.15) is 10.2 Å². The van der Waals surface area contributed by atoms with Gasteiger partial charge < -0.3 is 0 Å². The van der Waals surface area contributed by atoms with Gasteiger partial charge in [0.1, 0.15) is 0 Å². The van der Waals surface area contributed by atoms with Crippen LogP contribution in [0, 0.1) is 6.92 Å².